The number of hydrogen-bond acceptors (Lipinski definition) is 5. The number of nitrogens with one attached hydrogen (secondary N) is 1. The predicted molar refractivity (Wildman–Crippen MR) is 63.0 cm³/mol. The van der Waals surface area contributed by atoms with Crippen molar-refractivity contribution in [2.45, 2.75) is 13.5 Å². The first kappa shape index (κ1) is 9.76. The maximum absolute atomic E-state index is 5.66. The van der Waals surface area contributed by atoms with Gasteiger partial charge in [0, 0.05) is 18.3 Å². The summed E-state index contributed by atoms with van der Waals surface area (Å²) < 4.78 is 1.83. The van der Waals surface area contributed by atoms with Crippen molar-refractivity contribution in [3.63, 3.8) is 0 Å². The molecule has 0 radical (unpaired) electrons. The molecule has 0 saturated heterocycles. The van der Waals surface area contributed by atoms with E-state index in [-0.39, 0.29) is 5.95 Å². The Labute approximate surface area is 96.7 Å². The number of nitrogen functional groups attached to an aromatic ring is 1. The number of imidazole rings is 1. The van der Waals surface area contributed by atoms with E-state index >= 15 is 0 Å². The number of aryl methyl sites for hydroxylation is 1. The van der Waals surface area contributed by atoms with Crippen LogP contribution in [0, 0.1) is 0 Å². The van der Waals surface area contributed by atoms with Gasteiger partial charge in [-0.25, -0.2) is 9.97 Å². The number of anilines is 1. The maximum atomic E-state index is 5.66. The van der Waals surface area contributed by atoms with E-state index < -0.39 is 0 Å². The van der Waals surface area contributed by atoms with Gasteiger partial charge >= 0.3 is 0 Å². The van der Waals surface area contributed by atoms with Crippen molar-refractivity contribution in [2.75, 3.05) is 5.73 Å². The Bertz CT molecular complexity index is 666. The van der Waals surface area contributed by atoms with Crippen LogP contribution in [0.5, 0.6) is 0 Å². The van der Waals surface area contributed by atoms with E-state index in [2.05, 4.69) is 25.0 Å². The Morgan fingerprint density at radius 2 is 2.29 bits per heavy atom. The Kier molecular flexibility index (Phi) is 2.04. The molecule has 86 valence electrons. The zero-order valence-electron chi connectivity index (χ0n) is 9.25. The second-order valence-electron chi connectivity index (χ2n) is 3.62. The lowest BCUT2D eigenvalue weighted by atomic mass is 10.2. The summed E-state index contributed by atoms with van der Waals surface area (Å²) in [4.78, 5) is 15.4. The van der Waals surface area contributed by atoms with Crippen LogP contribution in [0.1, 0.15) is 6.92 Å². The molecule has 0 atom stereocenters. The summed E-state index contributed by atoms with van der Waals surface area (Å²) in [6.07, 6.45) is 5.25. The first-order valence-corrected chi connectivity index (χ1v) is 5.27. The third-order valence-electron chi connectivity index (χ3n) is 2.53. The molecule has 0 aliphatic carbocycles. The van der Waals surface area contributed by atoms with Gasteiger partial charge in [-0.1, -0.05) is 0 Å². The van der Waals surface area contributed by atoms with Crippen LogP contribution in [0.25, 0.3) is 22.4 Å². The van der Waals surface area contributed by atoms with E-state index in [4.69, 9.17) is 5.73 Å². The van der Waals surface area contributed by atoms with E-state index in [1.807, 2.05) is 17.8 Å². The van der Waals surface area contributed by atoms with Crippen LogP contribution in [0.4, 0.5) is 5.95 Å². The van der Waals surface area contributed by atoms with E-state index in [1.54, 1.807) is 12.5 Å². The molecule has 3 heterocycles. The SMILES string of the molecule is CCn1cc(-c2nc(N)nc3nc[nH]c23)cn1. The standard InChI is InChI=1S/C10H11N7/c1-2-17-4-6(3-14-17)7-8-9(13-5-12-8)16-10(11)15-7/h3-5H,2H2,1H3,(H3,11,12,13,15,16). The van der Waals surface area contributed by atoms with Gasteiger partial charge in [-0.3, -0.25) is 4.68 Å². The van der Waals surface area contributed by atoms with Gasteiger partial charge in [0.15, 0.2) is 5.65 Å². The molecule has 3 rings (SSSR count). The highest BCUT2D eigenvalue weighted by molar-refractivity contribution is 5.87. The molecule has 0 aliphatic rings. The molecule has 0 unspecified atom stereocenters. The second kappa shape index (κ2) is 3.55. The van der Waals surface area contributed by atoms with Crippen molar-refractivity contribution in [3.05, 3.63) is 18.7 Å². The molecule has 7 heteroatoms. The lowest BCUT2D eigenvalue weighted by molar-refractivity contribution is 0.660. The van der Waals surface area contributed by atoms with E-state index in [9.17, 15) is 0 Å². The van der Waals surface area contributed by atoms with Crippen molar-refractivity contribution in [1.29, 1.82) is 0 Å². The molecule has 0 spiro atoms. The Morgan fingerprint density at radius 1 is 1.41 bits per heavy atom. The molecular formula is C10H11N7. The van der Waals surface area contributed by atoms with Gasteiger partial charge < -0.3 is 10.7 Å². The van der Waals surface area contributed by atoms with Crippen LogP contribution < -0.4 is 5.73 Å². The van der Waals surface area contributed by atoms with Gasteiger partial charge in [0.1, 0.15) is 11.2 Å². The van der Waals surface area contributed by atoms with Crippen LogP contribution in [-0.2, 0) is 6.54 Å². The molecule has 3 aromatic rings. The molecular weight excluding hydrogens is 218 g/mol. The molecule has 0 aliphatic heterocycles. The summed E-state index contributed by atoms with van der Waals surface area (Å²) in [6, 6.07) is 0. The van der Waals surface area contributed by atoms with E-state index in [1.165, 1.54) is 0 Å². The normalized spacial score (nSPS) is 11.1. The highest BCUT2D eigenvalue weighted by Crippen LogP contribution is 2.23. The Morgan fingerprint density at radius 3 is 3.06 bits per heavy atom. The molecule has 3 N–H and O–H groups in total. The molecule has 0 fully saturated rings. The zero-order chi connectivity index (χ0) is 11.8. The van der Waals surface area contributed by atoms with E-state index in [0.717, 1.165) is 23.3 Å². The van der Waals surface area contributed by atoms with Crippen molar-refractivity contribution in [2.24, 2.45) is 0 Å². The highest BCUT2D eigenvalue weighted by atomic mass is 15.3. The van der Waals surface area contributed by atoms with Crippen LogP contribution >= 0.6 is 0 Å². The van der Waals surface area contributed by atoms with Crippen molar-refractivity contribution < 1.29 is 0 Å². The number of aromatic nitrogens is 6. The fraction of sp³-hybridized carbons (Fsp3) is 0.200. The third kappa shape index (κ3) is 1.52. The van der Waals surface area contributed by atoms with Gasteiger partial charge in [0.2, 0.25) is 5.95 Å². The summed E-state index contributed by atoms with van der Waals surface area (Å²) in [6.45, 7) is 2.84. The summed E-state index contributed by atoms with van der Waals surface area (Å²) in [5.41, 5.74) is 8.62. The second-order valence-corrected chi connectivity index (χ2v) is 3.62. The number of hydrogen-bond donors (Lipinski definition) is 2. The van der Waals surface area contributed by atoms with Crippen molar-refractivity contribution >= 4 is 17.1 Å². The summed E-state index contributed by atoms with van der Waals surface area (Å²) in [5, 5.41) is 4.21. The Hall–Kier alpha value is -2.44. The predicted octanol–water partition coefficient (Wildman–Crippen LogP) is 0.819. The minimum Gasteiger partial charge on any atom is -0.368 e. The Balaban J connectivity index is 2.24. The van der Waals surface area contributed by atoms with Crippen LogP contribution in [0.3, 0.4) is 0 Å². The van der Waals surface area contributed by atoms with E-state index in [0.29, 0.717) is 5.65 Å². The monoisotopic (exact) mass is 229 g/mol. The minimum absolute atomic E-state index is 0.212. The lowest BCUT2D eigenvalue weighted by Gasteiger charge is -1.99. The summed E-state index contributed by atoms with van der Waals surface area (Å²) in [5.74, 6) is 0.212. The molecule has 3 aromatic heterocycles. The molecule has 0 bridgehead atoms. The maximum Gasteiger partial charge on any atom is 0.222 e. The van der Waals surface area contributed by atoms with Gasteiger partial charge in [-0.2, -0.15) is 10.1 Å². The topological polar surface area (TPSA) is 98.3 Å². The first-order chi connectivity index (χ1) is 8.28. The molecule has 0 amide bonds. The highest BCUT2D eigenvalue weighted by Gasteiger charge is 2.11. The molecule has 17 heavy (non-hydrogen) atoms. The fourth-order valence-corrected chi connectivity index (χ4v) is 1.72. The molecule has 0 saturated carbocycles. The number of rotatable bonds is 2. The quantitative estimate of drug-likeness (QED) is 0.677. The van der Waals surface area contributed by atoms with Gasteiger partial charge in [-0.15, -0.1) is 0 Å². The summed E-state index contributed by atoms with van der Waals surface area (Å²) in [7, 11) is 0. The number of H-pyrrole nitrogens is 1. The average molecular weight is 229 g/mol. The summed E-state index contributed by atoms with van der Waals surface area (Å²) >= 11 is 0. The minimum atomic E-state index is 0.212. The molecule has 7 nitrogen and oxygen atoms in total. The van der Waals surface area contributed by atoms with Crippen LogP contribution in [0.15, 0.2) is 18.7 Å². The zero-order valence-corrected chi connectivity index (χ0v) is 9.25. The largest absolute Gasteiger partial charge is 0.368 e. The number of aromatic amines is 1. The van der Waals surface area contributed by atoms with Gasteiger partial charge in [0.05, 0.1) is 12.5 Å². The fourth-order valence-electron chi connectivity index (χ4n) is 1.72. The van der Waals surface area contributed by atoms with Crippen molar-refractivity contribution in [3.8, 4) is 11.3 Å². The third-order valence-corrected chi connectivity index (χ3v) is 2.53. The van der Waals surface area contributed by atoms with Crippen LogP contribution in [0.2, 0.25) is 0 Å². The first-order valence-electron chi connectivity index (χ1n) is 5.27. The number of fused-ring (bicyclic) bond motifs is 1. The van der Waals surface area contributed by atoms with Gasteiger partial charge in [0.25, 0.3) is 0 Å². The average Bonchev–Trinajstić information content (AvgIpc) is 2.95. The van der Waals surface area contributed by atoms with Crippen molar-refractivity contribution in [1.82, 2.24) is 29.7 Å². The van der Waals surface area contributed by atoms with Crippen LogP contribution in [-0.4, -0.2) is 29.7 Å². The number of nitrogens with two attached hydrogens (primary N) is 1. The number of nitrogens with zero attached hydrogens (tertiary/aromatic N) is 5. The smallest absolute Gasteiger partial charge is 0.222 e. The lowest BCUT2D eigenvalue weighted by Crippen LogP contribution is -1.97. The van der Waals surface area contributed by atoms with Gasteiger partial charge in [-0.05, 0) is 6.92 Å². The molecule has 0 aromatic carbocycles.